The first-order chi connectivity index (χ1) is 13.8. The summed E-state index contributed by atoms with van der Waals surface area (Å²) in [6, 6.07) is 17.7. The van der Waals surface area contributed by atoms with Crippen LogP contribution in [0, 0.1) is 12.8 Å². The zero-order valence-electron chi connectivity index (χ0n) is 17.2. The van der Waals surface area contributed by atoms with Crippen LogP contribution in [-0.2, 0) is 15.0 Å². The SMILES string of the molecule is Cc1cccc(C(NC(=O)C2CCCN(S(=O)(=O)N(C)C)C2)c2ccccc2)c1. The van der Waals surface area contributed by atoms with Crippen molar-refractivity contribution in [2.24, 2.45) is 5.92 Å². The Bertz CT molecular complexity index is 945. The number of benzene rings is 2. The van der Waals surface area contributed by atoms with E-state index in [0.717, 1.165) is 16.7 Å². The molecular weight excluding hydrogens is 386 g/mol. The number of piperidine rings is 1. The van der Waals surface area contributed by atoms with Crippen molar-refractivity contribution in [3.8, 4) is 0 Å². The highest BCUT2D eigenvalue weighted by Gasteiger charge is 2.34. The summed E-state index contributed by atoms with van der Waals surface area (Å²) in [4.78, 5) is 13.1. The molecule has 1 aliphatic heterocycles. The zero-order valence-corrected chi connectivity index (χ0v) is 18.0. The smallest absolute Gasteiger partial charge is 0.281 e. The Morgan fingerprint density at radius 3 is 2.45 bits per heavy atom. The highest BCUT2D eigenvalue weighted by Crippen LogP contribution is 2.26. The molecule has 6 nitrogen and oxygen atoms in total. The Kier molecular flexibility index (Phi) is 6.72. The lowest BCUT2D eigenvalue weighted by Crippen LogP contribution is -2.49. The van der Waals surface area contributed by atoms with E-state index in [9.17, 15) is 13.2 Å². The van der Waals surface area contributed by atoms with Crippen LogP contribution in [0.3, 0.4) is 0 Å². The van der Waals surface area contributed by atoms with Crippen LogP contribution >= 0.6 is 0 Å². The van der Waals surface area contributed by atoms with Gasteiger partial charge in [0.1, 0.15) is 0 Å². The minimum atomic E-state index is -3.52. The van der Waals surface area contributed by atoms with Crippen LogP contribution < -0.4 is 5.32 Å². The van der Waals surface area contributed by atoms with E-state index in [-0.39, 0.29) is 24.4 Å². The normalized spacial score (nSPS) is 19.1. The molecule has 2 aromatic rings. The fraction of sp³-hybridized carbons (Fsp3) is 0.409. The quantitative estimate of drug-likeness (QED) is 0.789. The summed E-state index contributed by atoms with van der Waals surface area (Å²) in [5.74, 6) is -0.478. The van der Waals surface area contributed by atoms with Crippen LogP contribution in [-0.4, -0.2) is 50.1 Å². The number of hydrogen-bond acceptors (Lipinski definition) is 3. The van der Waals surface area contributed by atoms with Gasteiger partial charge in [-0.2, -0.15) is 17.0 Å². The van der Waals surface area contributed by atoms with Gasteiger partial charge >= 0.3 is 0 Å². The molecule has 2 atom stereocenters. The molecule has 0 aliphatic carbocycles. The molecule has 0 saturated carbocycles. The molecule has 29 heavy (non-hydrogen) atoms. The van der Waals surface area contributed by atoms with Crippen LogP contribution in [0.25, 0.3) is 0 Å². The van der Waals surface area contributed by atoms with Crippen molar-refractivity contribution in [2.75, 3.05) is 27.2 Å². The highest BCUT2D eigenvalue weighted by atomic mass is 32.2. The molecule has 2 aromatic carbocycles. The Morgan fingerprint density at radius 1 is 1.10 bits per heavy atom. The number of carbonyl (C=O) groups excluding carboxylic acids is 1. The van der Waals surface area contributed by atoms with Gasteiger partial charge < -0.3 is 5.32 Å². The third-order valence-corrected chi connectivity index (χ3v) is 7.24. The first kappa shape index (κ1) is 21.5. The third kappa shape index (κ3) is 5.04. The van der Waals surface area contributed by atoms with Crippen LogP contribution in [0.4, 0.5) is 0 Å². The predicted octanol–water partition coefficient (Wildman–Crippen LogP) is 2.72. The molecule has 1 saturated heterocycles. The maximum atomic E-state index is 13.1. The maximum Gasteiger partial charge on any atom is 0.281 e. The van der Waals surface area contributed by atoms with Gasteiger partial charge in [0.25, 0.3) is 10.2 Å². The number of aryl methyl sites for hydroxylation is 1. The number of nitrogens with one attached hydrogen (secondary N) is 1. The van der Waals surface area contributed by atoms with Gasteiger partial charge in [0.2, 0.25) is 5.91 Å². The van der Waals surface area contributed by atoms with Crippen molar-refractivity contribution < 1.29 is 13.2 Å². The van der Waals surface area contributed by atoms with Crippen LogP contribution in [0.2, 0.25) is 0 Å². The van der Waals surface area contributed by atoms with E-state index in [4.69, 9.17) is 0 Å². The molecule has 0 aromatic heterocycles. The first-order valence-corrected chi connectivity index (χ1v) is 11.3. The third-order valence-electron chi connectivity index (χ3n) is 5.34. The molecule has 7 heteroatoms. The summed E-state index contributed by atoms with van der Waals surface area (Å²) in [5.41, 5.74) is 3.14. The highest BCUT2D eigenvalue weighted by molar-refractivity contribution is 7.86. The average molecular weight is 416 g/mol. The summed E-state index contributed by atoms with van der Waals surface area (Å²) in [7, 11) is -0.486. The monoisotopic (exact) mass is 415 g/mol. The van der Waals surface area contributed by atoms with Crippen molar-refractivity contribution >= 4 is 16.1 Å². The van der Waals surface area contributed by atoms with Crippen molar-refractivity contribution in [3.05, 3.63) is 71.3 Å². The van der Waals surface area contributed by atoms with Gasteiger partial charge in [-0.3, -0.25) is 4.79 Å². The maximum absolute atomic E-state index is 13.1. The average Bonchev–Trinajstić information content (AvgIpc) is 2.72. The van der Waals surface area contributed by atoms with Crippen molar-refractivity contribution in [1.82, 2.24) is 13.9 Å². The second-order valence-electron chi connectivity index (χ2n) is 7.75. The molecule has 1 N–H and O–H groups in total. The van der Waals surface area contributed by atoms with Gasteiger partial charge in [0, 0.05) is 27.2 Å². The Morgan fingerprint density at radius 2 is 1.79 bits per heavy atom. The largest absolute Gasteiger partial charge is 0.345 e. The Hall–Kier alpha value is -2.22. The number of nitrogens with zero attached hydrogens (tertiary/aromatic N) is 2. The lowest BCUT2D eigenvalue weighted by Gasteiger charge is -2.33. The lowest BCUT2D eigenvalue weighted by molar-refractivity contribution is -0.126. The zero-order chi connectivity index (χ0) is 21.0. The fourth-order valence-corrected chi connectivity index (χ4v) is 4.90. The van der Waals surface area contributed by atoms with Gasteiger partial charge in [-0.15, -0.1) is 0 Å². The second-order valence-corrected chi connectivity index (χ2v) is 9.90. The van der Waals surface area contributed by atoms with Gasteiger partial charge in [-0.05, 0) is 30.9 Å². The topological polar surface area (TPSA) is 69.7 Å². The number of carbonyl (C=O) groups is 1. The van der Waals surface area contributed by atoms with E-state index in [1.54, 1.807) is 0 Å². The lowest BCUT2D eigenvalue weighted by atomic mass is 9.94. The molecule has 3 rings (SSSR count). The van der Waals surface area contributed by atoms with E-state index in [2.05, 4.69) is 11.4 Å². The predicted molar refractivity (Wildman–Crippen MR) is 115 cm³/mol. The second kappa shape index (κ2) is 9.07. The fourth-order valence-electron chi connectivity index (χ4n) is 3.71. The molecule has 0 radical (unpaired) electrons. The molecule has 1 fully saturated rings. The minimum absolute atomic E-state index is 0.112. The molecule has 1 amide bonds. The standard InChI is InChI=1S/C22H29N3O3S/c1-17-9-7-12-19(15-17)21(18-10-5-4-6-11-18)23-22(26)20-13-8-14-25(16-20)29(27,28)24(2)3/h4-7,9-12,15,20-21H,8,13-14,16H2,1-3H3,(H,23,26). The molecule has 2 unspecified atom stereocenters. The first-order valence-electron chi connectivity index (χ1n) is 9.88. The van der Waals surface area contributed by atoms with Gasteiger partial charge in [-0.25, -0.2) is 0 Å². The van der Waals surface area contributed by atoms with E-state index >= 15 is 0 Å². The summed E-state index contributed by atoms with van der Waals surface area (Å²) >= 11 is 0. The van der Waals surface area contributed by atoms with Gasteiger partial charge in [-0.1, -0.05) is 60.2 Å². The summed E-state index contributed by atoms with van der Waals surface area (Å²) < 4.78 is 27.6. The van der Waals surface area contributed by atoms with Crippen LogP contribution in [0.1, 0.15) is 35.6 Å². The van der Waals surface area contributed by atoms with Crippen LogP contribution in [0.5, 0.6) is 0 Å². The van der Waals surface area contributed by atoms with E-state index in [1.807, 2.05) is 55.5 Å². The van der Waals surface area contributed by atoms with E-state index in [1.165, 1.54) is 22.7 Å². The number of hydrogen-bond donors (Lipinski definition) is 1. The number of rotatable bonds is 6. The minimum Gasteiger partial charge on any atom is -0.345 e. The van der Waals surface area contributed by atoms with Crippen LogP contribution in [0.15, 0.2) is 54.6 Å². The van der Waals surface area contributed by atoms with Gasteiger partial charge in [0.05, 0.1) is 12.0 Å². The molecule has 0 bridgehead atoms. The molecule has 1 aliphatic rings. The van der Waals surface area contributed by atoms with Crippen molar-refractivity contribution in [2.45, 2.75) is 25.8 Å². The van der Waals surface area contributed by atoms with Crippen molar-refractivity contribution in [3.63, 3.8) is 0 Å². The van der Waals surface area contributed by atoms with Crippen molar-refractivity contribution in [1.29, 1.82) is 0 Å². The summed E-state index contributed by atoms with van der Waals surface area (Å²) in [6.45, 7) is 2.68. The Labute approximate surface area is 173 Å². The Balaban J connectivity index is 1.82. The molecular formula is C22H29N3O3S. The molecule has 156 valence electrons. The van der Waals surface area contributed by atoms with E-state index in [0.29, 0.717) is 19.4 Å². The number of amides is 1. The summed E-state index contributed by atoms with van der Waals surface area (Å²) in [6.07, 6.45) is 1.35. The molecule has 0 spiro atoms. The molecule has 1 heterocycles. The summed E-state index contributed by atoms with van der Waals surface area (Å²) in [5, 5.41) is 3.17. The van der Waals surface area contributed by atoms with Gasteiger partial charge in [0.15, 0.2) is 0 Å². The van der Waals surface area contributed by atoms with E-state index < -0.39 is 10.2 Å².